The average molecular weight is 380 g/mol. The molecule has 108 valence electrons. The van der Waals surface area contributed by atoms with Gasteiger partial charge < -0.3 is 5.32 Å². The number of nitrogens with one attached hydrogen (secondary N) is 1. The average Bonchev–Trinajstić information content (AvgIpc) is 3.02. The Kier molecular flexibility index (Phi) is 4.93. The molecule has 1 N–H and O–H groups in total. The normalized spacial score (nSPS) is 15.1. The lowest BCUT2D eigenvalue weighted by Crippen LogP contribution is -2.12. The van der Waals surface area contributed by atoms with Gasteiger partial charge in [0.15, 0.2) is 0 Å². The van der Waals surface area contributed by atoms with Crippen molar-refractivity contribution in [2.75, 3.05) is 16.8 Å². The second kappa shape index (κ2) is 6.90. The molecule has 1 aliphatic rings. The van der Waals surface area contributed by atoms with Crippen molar-refractivity contribution in [3.8, 4) is 0 Å². The molecule has 2 nitrogen and oxygen atoms in total. The minimum absolute atomic E-state index is 0.0913. The van der Waals surface area contributed by atoms with Crippen molar-refractivity contribution in [1.82, 2.24) is 0 Å². The van der Waals surface area contributed by atoms with E-state index in [1.807, 2.05) is 59.9 Å². The number of carbonyl (C=O) groups excluding carboxylic acids is 1. The van der Waals surface area contributed by atoms with Gasteiger partial charge in [0.05, 0.1) is 10.1 Å². The number of halogens is 1. The van der Waals surface area contributed by atoms with Gasteiger partial charge in [0.25, 0.3) is 5.91 Å². The number of hydrogen-bond donors (Lipinski definition) is 1. The summed E-state index contributed by atoms with van der Waals surface area (Å²) in [7, 11) is 0. The van der Waals surface area contributed by atoms with E-state index in [9.17, 15) is 4.79 Å². The van der Waals surface area contributed by atoms with E-state index < -0.39 is 0 Å². The fourth-order valence-corrected chi connectivity index (χ4v) is 5.46. The van der Waals surface area contributed by atoms with E-state index in [1.54, 1.807) is 0 Å². The topological polar surface area (TPSA) is 29.1 Å². The molecule has 1 amide bonds. The van der Waals surface area contributed by atoms with E-state index in [2.05, 4.69) is 33.4 Å². The number of benzene rings is 2. The first-order chi connectivity index (χ1) is 10.2. The van der Waals surface area contributed by atoms with Crippen LogP contribution in [0.5, 0.6) is 0 Å². The van der Waals surface area contributed by atoms with Crippen LogP contribution in [0.1, 0.15) is 20.5 Å². The second-order valence-corrected chi connectivity index (χ2v) is 8.21. The maximum absolute atomic E-state index is 12.3. The minimum atomic E-state index is -0.0913. The van der Waals surface area contributed by atoms with E-state index >= 15 is 0 Å². The number of anilines is 1. The molecule has 1 fully saturated rings. The van der Waals surface area contributed by atoms with Crippen LogP contribution in [0.4, 0.5) is 5.69 Å². The molecule has 0 bridgehead atoms. The van der Waals surface area contributed by atoms with Crippen LogP contribution in [-0.2, 0) is 0 Å². The van der Waals surface area contributed by atoms with Gasteiger partial charge in [-0.25, -0.2) is 0 Å². The summed E-state index contributed by atoms with van der Waals surface area (Å²) in [6, 6.07) is 15.6. The summed E-state index contributed by atoms with van der Waals surface area (Å²) in [6.07, 6.45) is 0. The SMILES string of the molecule is O=C(Nc1cccc(C2SCCS2)c1)c1ccccc1Br. The zero-order valence-electron chi connectivity index (χ0n) is 11.2. The summed E-state index contributed by atoms with van der Waals surface area (Å²) in [5.74, 6) is 2.30. The van der Waals surface area contributed by atoms with E-state index in [-0.39, 0.29) is 5.91 Å². The Hall–Kier alpha value is -0.910. The Labute approximate surface area is 141 Å². The molecule has 1 saturated heterocycles. The number of rotatable bonds is 3. The number of thioether (sulfide) groups is 2. The highest BCUT2D eigenvalue weighted by Crippen LogP contribution is 2.45. The molecule has 0 unspecified atom stereocenters. The standard InChI is InChI=1S/C16H14BrNOS2/c17-14-7-2-1-6-13(14)15(19)18-12-5-3-4-11(10-12)16-20-8-9-21-16/h1-7,10,16H,8-9H2,(H,18,19). The molecule has 0 radical (unpaired) electrons. The van der Waals surface area contributed by atoms with Crippen LogP contribution in [0.2, 0.25) is 0 Å². The highest BCUT2D eigenvalue weighted by Gasteiger charge is 2.18. The Morgan fingerprint density at radius 2 is 1.86 bits per heavy atom. The lowest BCUT2D eigenvalue weighted by Gasteiger charge is -2.11. The lowest BCUT2D eigenvalue weighted by molar-refractivity contribution is 0.102. The van der Waals surface area contributed by atoms with Crippen molar-refractivity contribution in [3.63, 3.8) is 0 Å². The summed E-state index contributed by atoms with van der Waals surface area (Å²) in [5, 5.41) is 2.98. The summed E-state index contributed by atoms with van der Waals surface area (Å²) >= 11 is 7.34. The molecule has 0 spiro atoms. The van der Waals surface area contributed by atoms with Gasteiger partial charge >= 0.3 is 0 Å². The van der Waals surface area contributed by atoms with Crippen molar-refractivity contribution in [1.29, 1.82) is 0 Å². The van der Waals surface area contributed by atoms with E-state index in [0.29, 0.717) is 10.1 Å². The first kappa shape index (κ1) is 15.0. The third-order valence-electron chi connectivity index (χ3n) is 3.16. The van der Waals surface area contributed by atoms with E-state index in [4.69, 9.17) is 0 Å². The quantitative estimate of drug-likeness (QED) is 0.796. The fraction of sp³-hybridized carbons (Fsp3) is 0.188. The third-order valence-corrected chi connectivity index (χ3v) is 6.95. The Balaban J connectivity index is 1.77. The van der Waals surface area contributed by atoms with E-state index in [0.717, 1.165) is 10.2 Å². The maximum atomic E-state index is 12.3. The summed E-state index contributed by atoms with van der Waals surface area (Å²) in [5.41, 5.74) is 2.77. The molecular weight excluding hydrogens is 366 g/mol. The van der Waals surface area contributed by atoms with Crippen molar-refractivity contribution in [2.24, 2.45) is 0 Å². The van der Waals surface area contributed by atoms with Gasteiger partial charge in [-0.05, 0) is 45.8 Å². The highest BCUT2D eigenvalue weighted by molar-refractivity contribution is 9.10. The molecule has 1 aliphatic heterocycles. The highest BCUT2D eigenvalue weighted by atomic mass is 79.9. The number of carbonyl (C=O) groups is 1. The van der Waals surface area contributed by atoms with Gasteiger partial charge in [0, 0.05) is 21.7 Å². The number of hydrogen-bond acceptors (Lipinski definition) is 3. The van der Waals surface area contributed by atoms with Crippen LogP contribution in [-0.4, -0.2) is 17.4 Å². The monoisotopic (exact) mass is 379 g/mol. The van der Waals surface area contributed by atoms with Crippen LogP contribution in [0.3, 0.4) is 0 Å². The molecule has 2 aromatic rings. The van der Waals surface area contributed by atoms with Gasteiger partial charge in [-0.2, -0.15) is 0 Å². The smallest absolute Gasteiger partial charge is 0.256 e. The van der Waals surface area contributed by atoms with Gasteiger partial charge in [-0.3, -0.25) is 4.79 Å². The molecule has 3 rings (SSSR count). The first-order valence-corrected chi connectivity index (χ1v) is 9.52. The molecule has 0 atom stereocenters. The van der Waals surface area contributed by atoms with Crippen molar-refractivity contribution >= 4 is 51.0 Å². The Morgan fingerprint density at radius 1 is 1.10 bits per heavy atom. The molecule has 5 heteroatoms. The van der Waals surface area contributed by atoms with Crippen LogP contribution >= 0.6 is 39.5 Å². The predicted octanol–water partition coefficient (Wildman–Crippen LogP) is 5.18. The summed E-state index contributed by atoms with van der Waals surface area (Å²) in [4.78, 5) is 12.3. The molecule has 0 aromatic heterocycles. The van der Waals surface area contributed by atoms with Crippen molar-refractivity contribution < 1.29 is 4.79 Å². The fourth-order valence-electron chi connectivity index (χ4n) is 2.16. The van der Waals surface area contributed by atoms with Crippen LogP contribution in [0.25, 0.3) is 0 Å². The molecule has 1 heterocycles. The number of amides is 1. The van der Waals surface area contributed by atoms with Gasteiger partial charge in [0.2, 0.25) is 0 Å². The second-order valence-electron chi connectivity index (χ2n) is 4.63. The molecular formula is C16H14BrNOS2. The summed E-state index contributed by atoms with van der Waals surface area (Å²) < 4.78 is 1.30. The van der Waals surface area contributed by atoms with Crippen LogP contribution in [0, 0.1) is 0 Å². The molecule has 0 aliphatic carbocycles. The molecule has 21 heavy (non-hydrogen) atoms. The maximum Gasteiger partial charge on any atom is 0.256 e. The minimum Gasteiger partial charge on any atom is -0.322 e. The van der Waals surface area contributed by atoms with Gasteiger partial charge in [-0.1, -0.05) is 24.3 Å². The molecule has 0 saturated carbocycles. The Bertz CT molecular complexity index is 656. The summed E-state index contributed by atoms with van der Waals surface area (Å²) in [6.45, 7) is 0. The molecule has 2 aromatic carbocycles. The third kappa shape index (κ3) is 3.65. The van der Waals surface area contributed by atoms with Crippen molar-refractivity contribution in [2.45, 2.75) is 4.58 Å². The van der Waals surface area contributed by atoms with Crippen LogP contribution < -0.4 is 5.32 Å². The largest absolute Gasteiger partial charge is 0.322 e. The zero-order chi connectivity index (χ0) is 14.7. The predicted molar refractivity (Wildman–Crippen MR) is 96.2 cm³/mol. The lowest BCUT2D eigenvalue weighted by atomic mass is 10.2. The van der Waals surface area contributed by atoms with Gasteiger partial charge in [-0.15, -0.1) is 23.5 Å². The van der Waals surface area contributed by atoms with Crippen molar-refractivity contribution in [3.05, 3.63) is 64.1 Å². The first-order valence-electron chi connectivity index (χ1n) is 6.63. The van der Waals surface area contributed by atoms with Crippen LogP contribution in [0.15, 0.2) is 53.0 Å². The zero-order valence-corrected chi connectivity index (χ0v) is 14.4. The Morgan fingerprint density at radius 3 is 2.62 bits per heavy atom. The van der Waals surface area contributed by atoms with Gasteiger partial charge in [0.1, 0.15) is 0 Å². The van der Waals surface area contributed by atoms with E-state index in [1.165, 1.54) is 17.1 Å².